The number of benzene rings is 2. The van der Waals surface area contributed by atoms with Gasteiger partial charge in [-0.2, -0.15) is 0 Å². The molecular formula is C18H18F2N2O2. The summed E-state index contributed by atoms with van der Waals surface area (Å²) < 4.78 is 26.4. The molecule has 1 aliphatic heterocycles. The fraction of sp³-hybridized carbons (Fsp3) is 0.278. The van der Waals surface area contributed by atoms with Crippen LogP contribution in [0.2, 0.25) is 0 Å². The summed E-state index contributed by atoms with van der Waals surface area (Å²) in [5.74, 6) is -1.71. The van der Waals surface area contributed by atoms with Crippen molar-refractivity contribution in [1.29, 1.82) is 0 Å². The summed E-state index contributed by atoms with van der Waals surface area (Å²) in [6.07, 6.45) is 0. The number of carboxylic acids is 1. The van der Waals surface area contributed by atoms with Crippen LogP contribution in [0, 0.1) is 11.6 Å². The summed E-state index contributed by atoms with van der Waals surface area (Å²) in [6.45, 7) is 2.32. The Hall–Kier alpha value is -2.47. The molecule has 0 amide bonds. The third kappa shape index (κ3) is 3.54. The van der Waals surface area contributed by atoms with Crippen molar-refractivity contribution >= 4 is 11.7 Å². The van der Waals surface area contributed by atoms with Gasteiger partial charge in [-0.05, 0) is 42.0 Å². The molecule has 2 aromatic rings. The molecule has 1 unspecified atom stereocenters. The van der Waals surface area contributed by atoms with Gasteiger partial charge < -0.3 is 10.0 Å². The van der Waals surface area contributed by atoms with Gasteiger partial charge >= 0.3 is 5.97 Å². The minimum atomic E-state index is -0.990. The van der Waals surface area contributed by atoms with Gasteiger partial charge in [0.05, 0.1) is 0 Å². The van der Waals surface area contributed by atoms with Crippen LogP contribution < -0.4 is 4.90 Å². The highest BCUT2D eigenvalue weighted by Gasteiger charge is 2.30. The van der Waals surface area contributed by atoms with Gasteiger partial charge in [0.25, 0.3) is 0 Å². The van der Waals surface area contributed by atoms with E-state index in [1.54, 1.807) is 18.2 Å². The van der Waals surface area contributed by atoms with Crippen molar-refractivity contribution in [1.82, 2.24) is 4.90 Å². The van der Waals surface area contributed by atoms with E-state index < -0.39 is 17.8 Å². The smallest absolute Gasteiger partial charge is 0.325 e. The minimum Gasteiger partial charge on any atom is -0.480 e. The van der Waals surface area contributed by atoms with Crippen LogP contribution in [0.1, 0.15) is 11.6 Å². The summed E-state index contributed by atoms with van der Waals surface area (Å²) in [4.78, 5) is 15.6. The lowest BCUT2D eigenvalue weighted by molar-refractivity contribution is -0.143. The molecule has 2 aromatic carbocycles. The average molecular weight is 332 g/mol. The molecule has 4 nitrogen and oxygen atoms in total. The molecule has 0 aliphatic carbocycles. The first-order valence-electron chi connectivity index (χ1n) is 7.77. The van der Waals surface area contributed by atoms with Gasteiger partial charge in [0.1, 0.15) is 17.7 Å². The molecule has 0 spiro atoms. The molecule has 3 rings (SSSR count). The second kappa shape index (κ2) is 6.97. The van der Waals surface area contributed by atoms with Gasteiger partial charge in [-0.25, -0.2) is 8.78 Å². The molecule has 0 saturated carbocycles. The second-order valence-corrected chi connectivity index (χ2v) is 5.80. The van der Waals surface area contributed by atoms with E-state index in [2.05, 4.69) is 4.90 Å². The Morgan fingerprint density at radius 3 is 2.21 bits per heavy atom. The van der Waals surface area contributed by atoms with E-state index in [0.29, 0.717) is 31.7 Å². The Balaban J connectivity index is 1.72. The highest BCUT2D eigenvalue weighted by Crippen LogP contribution is 2.25. The van der Waals surface area contributed by atoms with Crippen molar-refractivity contribution in [2.75, 3.05) is 31.1 Å². The number of hydrogen-bond donors (Lipinski definition) is 1. The third-order valence-electron chi connectivity index (χ3n) is 4.27. The Morgan fingerprint density at radius 1 is 0.958 bits per heavy atom. The van der Waals surface area contributed by atoms with Gasteiger partial charge in [0.2, 0.25) is 0 Å². The summed E-state index contributed by atoms with van der Waals surface area (Å²) in [5, 5.41) is 9.56. The molecule has 126 valence electrons. The maximum atomic E-state index is 13.4. The van der Waals surface area contributed by atoms with Crippen LogP contribution in [0.25, 0.3) is 0 Å². The highest BCUT2D eigenvalue weighted by atomic mass is 19.1. The Labute approximate surface area is 138 Å². The fourth-order valence-electron chi connectivity index (χ4n) is 3.08. The van der Waals surface area contributed by atoms with E-state index in [1.165, 1.54) is 30.3 Å². The van der Waals surface area contributed by atoms with Gasteiger partial charge in [0.15, 0.2) is 0 Å². The number of carboxylic acid groups (broad SMARTS) is 1. The molecule has 1 heterocycles. The lowest BCUT2D eigenvalue weighted by Crippen LogP contribution is -2.49. The predicted octanol–water partition coefficient (Wildman–Crippen LogP) is 2.91. The van der Waals surface area contributed by atoms with Gasteiger partial charge in [-0.1, -0.05) is 12.1 Å². The van der Waals surface area contributed by atoms with Crippen molar-refractivity contribution in [2.24, 2.45) is 0 Å². The standard InChI is InChI=1S/C18H18F2N2O2/c19-14-4-6-16(7-5-14)21-8-10-22(11-9-21)17(18(23)24)13-2-1-3-15(20)12-13/h1-7,12,17H,8-11H2,(H,23,24). The molecule has 1 N–H and O–H groups in total. The Morgan fingerprint density at radius 2 is 1.62 bits per heavy atom. The Kier molecular flexibility index (Phi) is 4.76. The average Bonchev–Trinajstić information content (AvgIpc) is 2.56. The SMILES string of the molecule is O=C(O)C(c1cccc(F)c1)N1CCN(c2ccc(F)cc2)CC1. The predicted molar refractivity (Wildman–Crippen MR) is 87.0 cm³/mol. The van der Waals surface area contributed by atoms with Crippen LogP contribution in [-0.4, -0.2) is 42.2 Å². The maximum absolute atomic E-state index is 13.4. The number of hydrogen-bond acceptors (Lipinski definition) is 3. The third-order valence-corrected chi connectivity index (χ3v) is 4.27. The van der Waals surface area contributed by atoms with Crippen LogP contribution in [0.4, 0.5) is 14.5 Å². The maximum Gasteiger partial charge on any atom is 0.325 e. The Bertz CT molecular complexity index is 713. The summed E-state index contributed by atoms with van der Waals surface area (Å²) in [7, 11) is 0. The quantitative estimate of drug-likeness (QED) is 0.935. The number of carbonyl (C=O) groups is 1. The number of rotatable bonds is 4. The van der Waals surface area contributed by atoms with Gasteiger partial charge in [0, 0.05) is 31.9 Å². The van der Waals surface area contributed by atoms with E-state index in [9.17, 15) is 18.7 Å². The molecule has 0 aromatic heterocycles. The van der Waals surface area contributed by atoms with E-state index >= 15 is 0 Å². The molecular weight excluding hydrogens is 314 g/mol. The van der Waals surface area contributed by atoms with Crippen molar-refractivity contribution in [2.45, 2.75) is 6.04 Å². The number of halogens is 2. The zero-order chi connectivity index (χ0) is 17.1. The number of piperazine rings is 1. The summed E-state index contributed by atoms with van der Waals surface area (Å²) >= 11 is 0. The van der Waals surface area contributed by atoms with Crippen LogP contribution in [-0.2, 0) is 4.79 Å². The molecule has 24 heavy (non-hydrogen) atoms. The summed E-state index contributed by atoms with van der Waals surface area (Å²) in [5.41, 5.74) is 1.35. The molecule has 6 heteroatoms. The molecule has 0 radical (unpaired) electrons. The van der Waals surface area contributed by atoms with Crippen molar-refractivity contribution in [3.63, 3.8) is 0 Å². The first-order valence-corrected chi connectivity index (χ1v) is 7.77. The number of anilines is 1. The molecule has 1 aliphatic rings. The van der Waals surface area contributed by atoms with Crippen molar-refractivity contribution in [3.8, 4) is 0 Å². The van der Waals surface area contributed by atoms with Crippen LogP contribution >= 0.6 is 0 Å². The van der Waals surface area contributed by atoms with Crippen molar-refractivity contribution < 1.29 is 18.7 Å². The fourth-order valence-corrected chi connectivity index (χ4v) is 3.08. The zero-order valence-electron chi connectivity index (χ0n) is 13.0. The van der Waals surface area contributed by atoms with Crippen LogP contribution in [0.3, 0.4) is 0 Å². The van der Waals surface area contributed by atoms with E-state index in [0.717, 1.165) is 5.69 Å². The number of nitrogens with zero attached hydrogens (tertiary/aromatic N) is 2. The zero-order valence-corrected chi connectivity index (χ0v) is 13.0. The van der Waals surface area contributed by atoms with Crippen LogP contribution in [0.15, 0.2) is 48.5 Å². The lowest BCUT2D eigenvalue weighted by Gasteiger charge is -2.38. The molecule has 0 bridgehead atoms. The van der Waals surface area contributed by atoms with Gasteiger partial charge in [-0.3, -0.25) is 9.69 Å². The van der Waals surface area contributed by atoms with E-state index in [-0.39, 0.29) is 5.82 Å². The monoisotopic (exact) mass is 332 g/mol. The van der Waals surface area contributed by atoms with E-state index in [4.69, 9.17) is 0 Å². The molecule has 1 saturated heterocycles. The van der Waals surface area contributed by atoms with Crippen LogP contribution in [0.5, 0.6) is 0 Å². The second-order valence-electron chi connectivity index (χ2n) is 5.80. The van der Waals surface area contributed by atoms with E-state index in [1.807, 2.05) is 4.90 Å². The highest BCUT2D eigenvalue weighted by molar-refractivity contribution is 5.75. The molecule has 1 fully saturated rings. The topological polar surface area (TPSA) is 43.8 Å². The normalized spacial score (nSPS) is 16.8. The first kappa shape index (κ1) is 16.4. The van der Waals surface area contributed by atoms with Crippen molar-refractivity contribution in [3.05, 3.63) is 65.7 Å². The molecule has 1 atom stereocenters. The number of aliphatic carboxylic acids is 1. The minimum absolute atomic E-state index is 0.283. The lowest BCUT2D eigenvalue weighted by atomic mass is 10.0. The first-order chi connectivity index (χ1) is 11.5. The largest absolute Gasteiger partial charge is 0.480 e. The summed E-state index contributed by atoms with van der Waals surface area (Å²) in [6, 6.07) is 11.1. The van der Waals surface area contributed by atoms with Gasteiger partial charge in [-0.15, -0.1) is 0 Å².